The number of anilines is 1. The Labute approximate surface area is 180 Å². The number of aromatic nitrogens is 3. The maximum absolute atomic E-state index is 12.8. The average molecular weight is 422 g/mol. The van der Waals surface area contributed by atoms with Crippen molar-refractivity contribution in [2.75, 3.05) is 12.0 Å². The van der Waals surface area contributed by atoms with E-state index in [9.17, 15) is 9.59 Å². The molecule has 0 unspecified atom stereocenters. The van der Waals surface area contributed by atoms with Crippen molar-refractivity contribution < 1.29 is 19.1 Å². The van der Waals surface area contributed by atoms with Gasteiger partial charge >= 0.3 is 5.97 Å². The first-order valence-electron chi connectivity index (χ1n) is 10.5. The first-order valence-corrected chi connectivity index (χ1v) is 10.5. The minimum atomic E-state index is -0.427. The zero-order valence-electron chi connectivity index (χ0n) is 18.0. The largest absolute Gasteiger partial charge is 0.493 e. The molecule has 1 aromatic carbocycles. The zero-order chi connectivity index (χ0) is 22.0. The van der Waals surface area contributed by atoms with E-state index in [1.54, 1.807) is 25.3 Å². The van der Waals surface area contributed by atoms with E-state index < -0.39 is 5.97 Å². The van der Waals surface area contributed by atoms with E-state index in [0.717, 1.165) is 31.2 Å². The Hall–Kier alpha value is -3.42. The van der Waals surface area contributed by atoms with Crippen LogP contribution in [0.1, 0.15) is 46.0 Å². The van der Waals surface area contributed by atoms with Crippen LogP contribution in [0.15, 0.2) is 36.7 Å². The van der Waals surface area contributed by atoms with Crippen LogP contribution in [0.3, 0.4) is 0 Å². The molecule has 0 spiro atoms. The fourth-order valence-corrected chi connectivity index (χ4v) is 4.27. The third kappa shape index (κ3) is 4.10. The van der Waals surface area contributed by atoms with Crippen molar-refractivity contribution in [1.29, 1.82) is 0 Å². The summed E-state index contributed by atoms with van der Waals surface area (Å²) in [6.07, 6.45) is 8.87. The highest BCUT2D eigenvalue weighted by Crippen LogP contribution is 2.39. The highest BCUT2D eigenvalue weighted by atomic mass is 16.6. The molecule has 0 atom stereocenters. The van der Waals surface area contributed by atoms with Crippen LogP contribution >= 0.6 is 0 Å². The van der Waals surface area contributed by atoms with Crippen molar-refractivity contribution in [3.05, 3.63) is 36.7 Å². The molecule has 1 amide bonds. The minimum absolute atomic E-state index is 0.0256. The van der Waals surface area contributed by atoms with E-state index in [1.165, 1.54) is 20.5 Å². The molecule has 2 heterocycles. The number of imidazole rings is 1. The molecule has 1 aliphatic carbocycles. The topological polar surface area (TPSA) is 86.0 Å². The number of benzene rings is 1. The normalized spacial score (nSPS) is 14.4. The van der Waals surface area contributed by atoms with Gasteiger partial charge in [-0.15, -0.1) is 0 Å². The van der Waals surface area contributed by atoms with Gasteiger partial charge in [0.1, 0.15) is 11.5 Å². The Kier molecular flexibility index (Phi) is 5.88. The molecule has 0 N–H and O–H groups in total. The third-order valence-electron chi connectivity index (χ3n) is 5.58. The molecule has 1 fully saturated rings. The standard InChI is InChI=1S/C23H26N4O4/c1-15(28)27(18-8-5-4-6-9-18)22-21(25-23-24-12-7-13-26(22)23)17-10-11-19(31-16(2)29)20(14-17)30-3/h7,10-14,18H,4-6,8-9H2,1-3H3. The predicted molar refractivity (Wildman–Crippen MR) is 116 cm³/mol. The lowest BCUT2D eigenvalue weighted by Crippen LogP contribution is -2.41. The van der Waals surface area contributed by atoms with Gasteiger partial charge in [0.2, 0.25) is 11.7 Å². The molecular formula is C23H26N4O4. The summed E-state index contributed by atoms with van der Waals surface area (Å²) in [4.78, 5) is 35.2. The Morgan fingerprint density at radius 3 is 2.58 bits per heavy atom. The molecule has 31 heavy (non-hydrogen) atoms. The van der Waals surface area contributed by atoms with Crippen LogP contribution in [-0.2, 0) is 9.59 Å². The summed E-state index contributed by atoms with van der Waals surface area (Å²) in [5.41, 5.74) is 1.38. The summed E-state index contributed by atoms with van der Waals surface area (Å²) in [7, 11) is 1.52. The number of amides is 1. The van der Waals surface area contributed by atoms with Gasteiger partial charge in [-0.2, -0.15) is 0 Å². The van der Waals surface area contributed by atoms with Gasteiger partial charge in [-0.3, -0.25) is 18.9 Å². The summed E-state index contributed by atoms with van der Waals surface area (Å²) in [5.74, 6) is 1.50. The molecule has 0 saturated heterocycles. The lowest BCUT2D eigenvalue weighted by molar-refractivity contribution is -0.132. The second-order valence-corrected chi connectivity index (χ2v) is 7.71. The van der Waals surface area contributed by atoms with Crippen LogP contribution in [0.4, 0.5) is 5.82 Å². The van der Waals surface area contributed by atoms with E-state index in [1.807, 2.05) is 27.6 Å². The second kappa shape index (κ2) is 8.75. The number of carbonyl (C=O) groups is 2. The summed E-state index contributed by atoms with van der Waals surface area (Å²) in [5, 5.41) is 0. The molecule has 8 heteroatoms. The van der Waals surface area contributed by atoms with E-state index in [0.29, 0.717) is 28.8 Å². The van der Waals surface area contributed by atoms with Crippen molar-refractivity contribution in [2.24, 2.45) is 0 Å². The van der Waals surface area contributed by atoms with Gasteiger partial charge in [0.05, 0.1) is 7.11 Å². The van der Waals surface area contributed by atoms with Crippen LogP contribution in [0.2, 0.25) is 0 Å². The van der Waals surface area contributed by atoms with E-state index in [-0.39, 0.29) is 11.9 Å². The number of methoxy groups -OCH3 is 1. The van der Waals surface area contributed by atoms with E-state index in [2.05, 4.69) is 4.98 Å². The summed E-state index contributed by atoms with van der Waals surface area (Å²) in [6, 6.07) is 7.20. The second-order valence-electron chi connectivity index (χ2n) is 7.71. The molecule has 1 aliphatic rings. The number of esters is 1. The highest BCUT2D eigenvalue weighted by molar-refractivity contribution is 5.96. The van der Waals surface area contributed by atoms with Crippen molar-refractivity contribution in [1.82, 2.24) is 14.4 Å². The fraction of sp³-hybridized carbons (Fsp3) is 0.391. The molecular weight excluding hydrogens is 396 g/mol. The number of fused-ring (bicyclic) bond motifs is 1. The molecule has 0 bridgehead atoms. The van der Waals surface area contributed by atoms with Gasteiger partial charge < -0.3 is 9.47 Å². The minimum Gasteiger partial charge on any atom is -0.493 e. The van der Waals surface area contributed by atoms with Crippen molar-refractivity contribution >= 4 is 23.5 Å². The number of nitrogens with zero attached hydrogens (tertiary/aromatic N) is 4. The smallest absolute Gasteiger partial charge is 0.308 e. The first kappa shape index (κ1) is 20.8. The molecule has 0 aliphatic heterocycles. The number of rotatable bonds is 5. The molecule has 3 aromatic rings. The number of carbonyl (C=O) groups excluding carboxylic acids is 2. The van der Waals surface area contributed by atoms with Gasteiger partial charge in [-0.05, 0) is 37.1 Å². The van der Waals surface area contributed by atoms with Crippen molar-refractivity contribution in [3.8, 4) is 22.8 Å². The van der Waals surface area contributed by atoms with Crippen molar-refractivity contribution in [2.45, 2.75) is 52.0 Å². The van der Waals surface area contributed by atoms with Crippen LogP contribution in [0.5, 0.6) is 11.5 Å². The van der Waals surface area contributed by atoms with Crippen molar-refractivity contribution in [3.63, 3.8) is 0 Å². The SMILES string of the molecule is COc1cc(-c2nc3ncccn3c2N(C(C)=O)C2CCCCC2)ccc1OC(C)=O. The maximum atomic E-state index is 12.8. The van der Waals surface area contributed by atoms with Gasteiger partial charge in [-0.1, -0.05) is 19.3 Å². The lowest BCUT2D eigenvalue weighted by Gasteiger charge is -2.33. The lowest BCUT2D eigenvalue weighted by atomic mass is 9.94. The van der Waals surface area contributed by atoms with Gasteiger partial charge in [0, 0.05) is 37.8 Å². The van der Waals surface area contributed by atoms with Crippen LogP contribution in [0, 0.1) is 0 Å². The van der Waals surface area contributed by atoms with Crippen LogP contribution in [0.25, 0.3) is 17.0 Å². The number of ether oxygens (including phenoxy) is 2. The molecule has 0 radical (unpaired) electrons. The third-order valence-corrected chi connectivity index (χ3v) is 5.58. The van der Waals surface area contributed by atoms with Crippen LogP contribution in [-0.4, -0.2) is 39.4 Å². The predicted octanol–water partition coefficient (Wildman–Crippen LogP) is 4.02. The van der Waals surface area contributed by atoms with Gasteiger partial charge in [0.25, 0.3) is 0 Å². The maximum Gasteiger partial charge on any atom is 0.308 e. The average Bonchev–Trinajstić information content (AvgIpc) is 3.13. The molecule has 162 valence electrons. The van der Waals surface area contributed by atoms with E-state index in [4.69, 9.17) is 14.5 Å². The Bertz CT molecular complexity index is 1120. The fourth-order valence-electron chi connectivity index (χ4n) is 4.27. The zero-order valence-corrected chi connectivity index (χ0v) is 18.0. The Balaban J connectivity index is 1.89. The molecule has 8 nitrogen and oxygen atoms in total. The van der Waals surface area contributed by atoms with Gasteiger partial charge in [-0.25, -0.2) is 9.97 Å². The Morgan fingerprint density at radius 1 is 1.13 bits per heavy atom. The molecule has 1 saturated carbocycles. The number of hydrogen-bond donors (Lipinski definition) is 0. The quantitative estimate of drug-likeness (QED) is 0.456. The summed E-state index contributed by atoms with van der Waals surface area (Å²) < 4.78 is 12.5. The van der Waals surface area contributed by atoms with Crippen LogP contribution < -0.4 is 14.4 Å². The highest BCUT2D eigenvalue weighted by Gasteiger charge is 2.30. The molecule has 4 rings (SSSR count). The first-order chi connectivity index (χ1) is 15.0. The Morgan fingerprint density at radius 2 is 1.90 bits per heavy atom. The summed E-state index contributed by atoms with van der Waals surface area (Å²) in [6.45, 7) is 2.94. The van der Waals surface area contributed by atoms with E-state index >= 15 is 0 Å². The monoisotopic (exact) mass is 422 g/mol. The van der Waals surface area contributed by atoms with Gasteiger partial charge in [0.15, 0.2) is 11.5 Å². The molecule has 2 aromatic heterocycles. The number of hydrogen-bond acceptors (Lipinski definition) is 6. The summed E-state index contributed by atoms with van der Waals surface area (Å²) >= 11 is 0.